The molecule has 6 nitrogen and oxygen atoms in total. The largest absolute Gasteiger partial charge is 0.369 e. The number of halogens is 1. The highest BCUT2D eigenvalue weighted by Crippen LogP contribution is 2.17. The van der Waals surface area contributed by atoms with Crippen LogP contribution in [-0.2, 0) is 9.59 Å². The molecule has 2 aromatic rings. The van der Waals surface area contributed by atoms with Gasteiger partial charge in [0, 0.05) is 44.6 Å². The fourth-order valence-electron chi connectivity index (χ4n) is 3.49. The summed E-state index contributed by atoms with van der Waals surface area (Å²) in [5, 5.41) is 2.89. The number of nitrogens with one attached hydrogen (secondary N) is 1. The van der Waals surface area contributed by atoms with Crippen LogP contribution in [0.25, 0.3) is 0 Å². The van der Waals surface area contributed by atoms with Crippen molar-refractivity contribution in [3.8, 4) is 0 Å². The van der Waals surface area contributed by atoms with Crippen LogP contribution in [0.15, 0.2) is 42.5 Å². The Morgan fingerprint density at radius 1 is 1.03 bits per heavy atom. The standard InChI is InChI=1S/C23H29FN4O2/c1-17-4-5-18(2)21(14-17)25-22(29)15-26(3)23(30)16-27-10-12-28(13-11-27)20-8-6-19(24)7-9-20/h4-9,14H,10-13,15-16H2,1-3H3,(H,25,29). The summed E-state index contributed by atoms with van der Waals surface area (Å²) >= 11 is 0. The maximum Gasteiger partial charge on any atom is 0.243 e. The number of nitrogens with zero attached hydrogens (tertiary/aromatic N) is 3. The Kier molecular flexibility index (Phi) is 7.05. The molecule has 0 saturated carbocycles. The third kappa shape index (κ3) is 5.79. The summed E-state index contributed by atoms with van der Waals surface area (Å²) in [7, 11) is 1.65. The number of hydrogen-bond donors (Lipinski definition) is 1. The van der Waals surface area contributed by atoms with E-state index in [2.05, 4.69) is 15.1 Å². The number of carbonyl (C=O) groups is 2. The molecule has 160 valence electrons. The molecule has 1 saturated heterocycles. The predicted octanol–water partition coefficient (Wildman–Crippen LogP) is 2.66. The quantitative estimate of drug-likeness (QED) is 0.793. The van der Waals surface area contributed by atoms with Crippen molar-refractivity contribution in [1.82, 2.24) is 9.80 Å². The van der Waals surface area contributed by atoms with Gasteiger partial charge in [0.25, 0.3) is 0 Å². The van der Waals surface area contributed by atoms with E-state index >= 15 is 0 Å². The van der Waals surface area contributed by atoms with Crippen LogP contribution in [0.5, 0.6) is 0 Å². The van der Waals surface area contributed by atoms with Gasteiger partial charge in [0.2, 0.25) is 11.8 Å². The molecule has 0 atom stereocenters. The first kappa shape index (κ1) is 21.8. The molecule has 1 heterocycles. The van der Waals surface area contributed by atoms with Crippen molar-refractivity contribution >= 4 is 23.2 Å². The average Bonchev–Trinajstić information content (AvgIpc) is 2.72. The van der Waals surface area contributed by atoms with Crippen LogP contribution in [0.3, 0.4) is 0 Å². The fraction of sp³-hybridized carbons (Fsp3) is 0.391. The van der Waals surface area contributed by atoms with Crippen molar-refractivity contribution < 1.29 is 14.0 Å². The molecule has 1 aliphatic heterocycles. The van der Waals surface area contributed by atoms with Gasteiger partial charge >= 0.3 is 0 Å². The van der Waals surface area contributed by atoms with Gasteiger partial charge in [0.15, 0.2) is 0 Å². The summed E-state index contributed by atoms with van der Waals surface area (Å²) < 4.78 is 13.1. The first-order chi connectivity index (χ1) is 14.3. The minimum Gasteiger partial charge on any atom is -0.369 e. The Balaban J connectivity index is 1.45. The summed E-state index contributed by atoms with van der Waals surface area (Å²) in [5.74, 6) is -0.533. The fourth-order valence-corrected chi connectivity index (χ4v) is 3.49. The third-order valence-electron chi connectivity index (χ3n) is 5.40. The summed E-state index contributed by atoms with van der Waals surface area (Å²) in [6.07, 6.45) is 0. The van der Waals surface area contributed by atoms with Gasteiger partial charge in [0.05, 0.1) is 13.1 Å². The number of benzene rings is 2. The van der Waals surface area contributed by atoms with E-state index in [1.54, 1.807) is 19.2 Å². The van der Waals surface area contributed by atoms with Crippen LogP contribution < -0.4 is 10.2 Å². The molecule has 0 unspecified atom stereocenters. The Labute approximate surface area is 177 Å². The molecule has 2 aromatic carbocycles. The molecule has 0 bridgehead atoms. The van der Waals surface area contributed by atoms with Crippen molar-refractivity contribution in [2.24, 2.45) is 0 Å². The molecule has 30 heavy (non-hydrogen) atoms. The first-order valence-corrected chi connectivity index (χ1v) is 10.2. The molecular formula is C23H29FN4O2. The van der Waals surface area contributed by atoms with Crippen LogP contribution in [0.2, 0.25) is 0 Å². The maximum atomic E-state index is 13.1. The first-order valence-electron chi connectivity index (χ1n) is 10.2. The smallest absolute Gasteiger partial charge is 0.243 e. The van der Waals surface area contributed by atoms with Gasteiger partial charge in [-0.3, -0.25) is 14.5 Å². The lowest BCUT2D eigenvalue weighted by molar-refractivity contribution is -0.134. The minimum atomic E-state index is -0.243. The number of carbonyl (C=O) groups excluding carboxylic acids is 2. The van der Waals surface area contributed by atoms with Crippen LogP contribution in [0.4, 0.5) is 15.8 Å². The monoisotopic (exact) mass is 412 g/mol. The molecule has 1 fully saturated rings. The number of rotatable bonds is 6. The van der Waals surface area contributed by atoms with E-state index < -0.39 is 0 Å². The zero-order chi connectivity index (χ0) is 21.7. The summed E-state index contributed by atoms with van der Waals surface area (Å²) in [4.78, 5) is 30.6. The molecule has 1 N–H and O–H groups in total. The molecule has 2 amide bonds. The molecule has 0 aromatic heterocycles. The van der Waals surface area contributed by atoms with E-state index in [0.29, 0.717) is 0 Å². The number of piperazine rings is 1. The number of aryl methyl sites for hydroxylation is 2. The normalized spacial score (nSPS) is 14.5. The summed E-state index contributed by atoms with van der Waals surface area (Å²) in [6, 6.07) is 12.4. The van der Waals surface area contributed by atoms with E-state index in [4.69, 9.17) is 0 Å². The van der Waals surface area contributed by atoms with Gasteiger partial charge in [-0.25, -0.2) is 4.39 Å². The highest BCUT2D eigenvalue weighted by Gasteiger charge is 2.21. The summed E-state index contributed by atoms with van der Waals surface area (Å²) in [6.45, 7) is 7.24. The molecule has 3 rings (SSSR count). The SMILES string of the molecule is Cc1ccc(C)c(NC(=O)CN(C)C(=O)CN2CCN(c3ccc(F)cc3)CC2)c1. The molecular weight excluding hydrogens is 383 g/mol. The lowest BCUT2D eigenvalue weighted by Gasteiger charge is -2.36. The zero-order valence-corrected chi connectivity index (χ0v) is 17.8. The maximum absolute atomic E-state index is 13.1. The second kappa shape index (κ2) is 9.71. The Morgan fingerprint density at radius 3 is 2.37 bits per heavy atom. The Bertz CT molecular complexity index is 893. The predicted molar refractivity (Wildman–Crippen MR) is 117 cm³/mol. The minimum absolute atomic E-state index is 0.0156. The van der Waals surface area contributed by atoms with Crippen molar-refractivity contribution in [2.45, 2.75) is 13.8 Å². The van der Waals surface area contributed by atoms with Gasteiger partial charge in [-0.1, -0.05) is 12.1 Å². The highest BCUT2D eigenvalue weighted by molar-refractivity contribution is 5.95. The number of amides is 2. The van der Waals surface area contributed by atoms with E-state index in [9.17, 15) is 14.0 Å². The Hall–Kier alpha value is -2.93. The number of anilines is 2. The topological polar surface area (TPSA) is 55.9 Å². The molecule has 0 aliphatic carbocycles. The van der Waals surface area contributed by atoms with E-state index in [-0.39, 0.29) is 30.7 Å². The molecule has 7 heteroatoms. The lowest BCUT2D eigenvalue weighted by Crippen LogP contribution is -2.50. The van der Waals surface area contributed by atoms with Gasteiger partial charge in [-0.15, -0.1) is 0 Å². The average molecular weight is 413 g/mol. The van der Waals surface area contributed by atoms with Crippen molar-refractivity contribution in [1.29, 1.82) is 0 Å². The van der Waals surface area contributed by atoms with Gasteiger partial charge in [0.1, 0.15) is 5.82 Å². The summed E-state index contributed by atoms with van der Waals surface area (Å²) in [5.41, 5.74) is 3.82. The molecule has 1 aliphatic rings. The van der Waals surface area contributed by atoms with Crippen LogP contribution >= 0.6 is 0 Å². The van der Waals surface area contributed by atoms with Crippen LogP contribution in [0, 0.1) is 19.7 Å². The Morgan fingerprint density at radius 2 is 1.70 bits per heavy atom. The van der Waals surface area contributed by atoms with Gasteiger partial charge in [-0.2, -0.15) is 0 Å². The van der Waals surface area contributed by atoms with E-state index in [1.165, 1.54) is 17.0 Å². The van der Waals surface area contributed by atoms with Crippen LogP contribution in [0.1, 0.15) is 11.1 Å². The number of hydrogen-bond acceptors (Lipinski definition) is 4. The van der Waals surface area contributed by atoms with Gasteiger partial charge < -0.3 is 15.1 Å². The van der Waals surface area contributed by atoms with Crippen molar-refractivity contribution in [3.63, 3.8) is 0 Å². The lowest BCUT2D eigenvalue weighted by atomic mass is 10.1. The van der Waals surface area contributed by atoms with E-state index in [0.717, 1.165) is 48.7 Å². The van der Waals surface area contributed by atoms with Crippen molar-refractivity contribution in [2.75, 3.05) is 56.5 Å². The van der Waals surface area contributed by atoms with Crippen LogP contribution in [-0.4, -0.2) is 67.9 Å². The molecule has 0 radical (unpaired) electrons. The zero-order valence-electron chi connectivity index (χ0n) is 17.8. The van der Waals surface area contributed by atoms with Gasteiger partial charge in [-0.05, 0) is 55.3 Å². The third-order valence-corrected chi connectivity index (χ3v) is 5.40. The highest BCUT2D eigenvalue weighted by atomic mass is 19.1. The molecule has 0 spiro atoms. The second-order valence-corrected chi connectivity index (χ2v) is 7.86. The second-order valence-electron chi connectivity index (χ2n) is 7.86. The number of likely N-dealkylation sites (N-methyl/N-ethyl adjacent to an activating group) is 1. The van der Waals surface area contributed by atoms with E-state index in [1.807, 2.05) is 32.0 Å². The van der Waals surface area contributed by atoms with Crippen molar-refractivity contribution in [3.05, 3.63) is 59.4 Å².